The molecule has 0 atom stereocenters. The van der Waals surface area contributed by atoms with Crippen molar-refractivity contribution < 1.29 is 13.5 Å². The summed E-state index contributed by atoms with van der Waals surface area (Å²) in [5.74, 6) is 0. The Morgan fingerprint density at radius 1 is 1.40 bits per heavy atom. The van der Waals surface area contributed by atoms with Crippen LogP contribution in [0.15, 0.2) is 28.0 Å². The molecule has 4 nitrogen and oxygen atoms in total. The fourth-order valence-corrected chi connectivity index (χ4v) is 4.78. The molecule has 0 spiro atoms. The van der Waals surface area contributed by atoms with Crippen LogP contribution in [0.25, 0.3) is 0 Å². The molecular weight excluding hydrogens is 294 g/mol. The second-order valence-corrected chi connectivity index (χ2v) is 8.93. The molecule has 0 aliphatic carbocycles. The van der Waals surface area contributed by atoms with Gasteiger partial charge in [-0.1, -0.05) is 32.4 Å². The monoisotopic (exact) mass is 315 g/mol. The molecule has 0 radical (unpaired) electrons. The standard InChI is InChI=1S/C14H21NO3S2/c1-14(2,3)11-4-6-15(7-5-11)20(17,18)13-8-12(9-16)19-10-13/h4,8,10,16H,5-7,9H2,1-3H3. The fourth-order valence-electron chi connectivity index (χ4n) is 2.28. The van der Waals surface area contributed by atoms with E-state index in [0.29, 0.717) is 22.9 Å². The molecule has 1 aliphatic rings. The lowest BCUT2D eigenvalue weighted by Crippen LogP contribution is -2.36. The summed E-state index contributed by atoms with van der Waals surface area (Å²) >= 11 is 1.27. The number of aliphatic hydroxyl groups excluding tert-OH is 1. The van der Waals surface area contributed by atoms with Crippen LogP contribution in [0.4, 0.5) is 0 Å². The number of hydrogen-bond donors (Lipinski definition) is 1. The Kier molecular flexibility index (Phi) is 4.39. The molecule has 0 saturated heterocycles. The molecule has 1 aliphatic heterocycles. The molecule has 0 saturated carbocycles. The van der Waals surface area contributed by atoms with Crippen LogP contribution in [0.5, 0.6) is 0 Å². The third-order valence-electron chi connectivity index (χ3n) is 3.56. The van der Waals surface area contributed by atoms with Crippen LogP contribution in [-0.4, -0.2) is 30.9 Å². The van der Waals surface area contributed by atoms with Crippen molar-refractivity contribution in [2.75, 3.05) is 13.1 Å². The van der Waals surface area contributed by atoms with Crippen LogP contribution < -0.4 is 0 Å². The minimum absolute atomic E-state index is 0.0995. The van der Waals surface area contributed by atoms with Crippen LogP contribution in [0.2, 0.25) is 0 Å². The summed E-state index contributed by atoms with van der Waals surface area (Å²) in [6, 6.07) is 1.56. The maximum Gasteiger partial charge on any atom is 0.244 e. The smallest absolute Gasteiger partial charge is 0.244 e. The SMILES string of the molecule is CC(C)(C)C1=CCN(S(=O)(=O)c2csc(CO)c2)CC1. The molecule has 0 amide bonds. The van der Waals surface area contributed by atoms with E-state index in [1.54, 1.807) is 11.4 Å². The van der Waals surface area contributed by atoms with Crippen molar-refractivity contribution in [2.45, 2.75) is 38.7 Å². The molecule has 112 valence electrons. The number of sulfonamides is 1. The zero-order valence-corrected chi connectivity index (χ0v) is 13.7. The molecule has 0 bridgehead atoms. The van der Waals surface area contributed by atoms with Crippen LogP contribution in [0, 0.1) is 5.41 Å². The number of thiophene rings is 1. The number of rotatable bonds is 3. The van der Waals surface area contributed by atoms with Crippen molar-refractivity contribution in [2.24, 2.45) is 5.41 Å². The summed E-state index contributed by atoms with van der Waals surface area (Å²) in [7, 11) is -3.43. The first-order valence-electron chi connectivity index (χ1n) is 6.63. The Labute approximate surface area is 124 Å². The van der Waals surface area contributed by atoms with Crippen LogP contribution in [0.3, 0.4) is 0 Å². The second kappa shape index (κ2) is 5.60. The zero-order valence-electron chi connectivity index (χ0n) is 12.1. The van der Waals surface area contributed by atoms with Crippen molar-refractivity contribution >= 4 is 21.4 Å². The lowest BCUT2D eigenvalue weighted by Gasteiger charge is -2.31. The van der Waals surface area contributed by atoms with Gasteiger partial charge < -0.3 is 5.11 Å². The molecular formula is C14H21NO3S2. The molecule has 1 aromatic rings. The number of hydrogen-bond acceptors (Lipinski definition) is 4. The maximum atomic E-state index is 12.5. The van der Waals surface area contributed by atoms with E-state index in [1.165, 1.54) is 21.2 Å². The van der Waals surface area contributed by atoms with Gasteiger partial charge in [0.05, 0.1) is 11.5 Å². The second-order valence-electron chi connectivity index (χ2n) is 6.00. The van der Waals surface area contributed by atoms with E-state index in [9.17, 15) is 8.42 Å². The largest absolute Gasteiger partial charge is 0.391 e. The average Bonchev–Trinajstić information content (AvgIpc) is 2.87. The molecule has 1 aromatic heterocycles. The first-order valence-corrected chi connectivity index (χ1v) is 8.95. The summed E-state index contributed by atoms with van der Waals surface area (Å²) < 4.78 is 26.5. The average molecular weight is 315 g/mol. The van der Waals surface area contributed by atoms with Crippen LogP contribution >= 0.6 is 11.3 Å². The van der Waals surface area contributed by atoms with Gasteiger partial charge in [0, 0.05) is 23.3 Å². The fraction of sp³-hybridized carbons (Fsp3) is 0.571. The highest BCUT2D eigenvalue weighted by Gasteiger charge is 2.29. The van der Waals surface area contributed by atoms with E-state index < -0.39 is 10.0 Å². The van der Waals surface area contributed by atoms with Gasteiger partial charge in [0.15, 0.2) is 0 Å². The molecule has 0 aromatic carbocycles. The van der Waals surface area contributed by atoms with E-state index in [2.05, 4.69) is 20.8 Å². The summed E-state index contributed by atoms with van der Waals surface area (Å²) in [5.41, 5.74) is 1.41. The minimum atomic E-state index is -3.43. The van der Waals surface area contributed by atoms with Gasteiger partial charge in [-0.05, 0) is 17.9 Å². The van der Waals surface area contributed by atoms with E-state index in [0.717, 1.165) is 6.42 Å². The molecule has 0 unspecified atom stereocenters. The first kappa shape index (κ1) is 15.7. The highest BCUT2D eigenvalue weighted by Crippen LogP contribution is 2.32. The molecule has 20 heavy (non-hydrogen) atoms. The highest BCUT2D eigenvalue weighted by molar-refractivity contribution is 7.89. The maximum absolute atomic E-state index is 12.5. The van der Waals surface area contributed by atoms with Crippen LogP contribution in [0.1, 0.15) is 32.1 Å². The number of aliphatic hydroxyl groups is 1. The van der Waals surface area contributed by atoms with Gasteiger partial charge in [-0.2, -0.15) is 4.31 Å². The van der Waals surface area contributed by atoms with Gasteiger partial charge in [-0.25, -0.2) is 8.42 Å². The summed E-state index contributed by atoms with van der Waals surface area (Å²) in [4.78, 5) is 0.964. The summed E-state index contributed by atoms with van der Waals surface area (Å²) in [6.07, 6.45) is 2.81. The molecule has 1 N–H and O–H groups in total. The van der Waals surface area contributed by atoms with Crippen LogP contribution in [-0.2, 0) is 16.6 Å². The third kappa shape index (κ3) is 3.14. The van der Waals surface area contributed by atoms with E-state index in [1.807, 2.05) is 6.08 Å². The van der Waals surface area contributed by atoms with Crippen molar-refractivity contribution in [1.82, 2.24) is 4.31 Å². The minimum Gasteiger partial charge on any atom is -0.391 e. The lowest BCUT2D eigenvalue weighted by molar-refractivity contribution is 0.285. The Morgan fingerprint density at radius 3 is 2.55 bits per heavy atom. The lowest BCUT2D eigenvalue weighted by atomic mass is 9.83. The van der Waals surface area contributed by atoms with Gasteiger partial charge in [0.2, 0.25) is 10.0 Å². The van der Waals surface area contributed by atoms with E-state index in [4.69, 9.17) is 5.11 Å². The Balaban J connectivity index is 2.19. The van der Waals surface area contributed by atoms with Gasteiger partial charge in [-0.15, -0.1) is 11.3 Å². The molecule has 2 heterocycles. The summed E-state index contributed by atoms with van der Waals surface area (Å²) in [5, 5.41) is 10.6. The van der Waals surface area contributed by atoms with Crippen molar-refractivity contribution in [3.05, 3.63) is 28.0 Å². The Morgan fingerprint density at radius 2 is 2.10 bits per heavy atom. The predicted octanol–water partition coefficient (Wildman–Crippen LogP) is 2.61. The van der Waals surface area contributed by atoms with Gasteiger partial charge >= 0.3 is 0 Å². The Hall–Kier alpha value is -0.690. The van der Waals surface area contributed by atoms with Crippen molar-refractivity contribution in [3.8, 4) is 0 Å². The molecule has 2 rings (SSSR count). The zero-order chi connectivity index (χ0) is 15.0. The van der Waals surface area contributed by atoms with Gasteiger partial charge in [-0.3, -0.25) is 0 Å². The van der Waals surface area contributed by atoms with E-state index >= 15 is 0 Å². The molecule has 6 heteroatoms. The van der Waals surface area contributed by atoms with Gasteiger partial charge in [0.1, 0.15) is 0 Å². The first-order chi connectivity index (χ1) is 9.25. The summed E-state index contributed by atoms with van der Waals surface area (Å²) in [6.45, 7) is 7.28. The molecule has 0 fully saturated rings. The highest BCUT2D eigenvalue weighted by atomic mass is 32.2. The quantitative estimate of drug-likeness (QED) is 0.872. The topological polar surface area (TPSA) is 57.6 Å². The normalized spacial score (nSPS) is 18.1. The number of nitrogens with zero attached hydrogens (tertiary/aromatic N) is 1. The predicted molar refractivity (Wildman–Crippen MR) is 81.2 cm³/mol. The van der Waals surface area contributed by atoms with Gasteiger partial charge in [0.25, 0.3) is 0 Å². The third-order valence-corrected chi connectivity index (χ3v) is 6.47. The van der Waals surface area contributed by atoms with E-state index in [-0.39, 0.29) is 12.0 Å². The van der Waals surface area contributed by atoms with Crippen molar-refractivity contribution in [1.29, 1.82) is 0 Å². The van der Waals surface area contributed by atoms with Crippen molar-refractivity contribution in [3.63, 3.8) is 0 Å². The Bertz CT molecular complexity index is 609.